The molecule has 0 atom stereocenters. The van der Waals surface area contributed by atoms with Crippen LogP contribution in [0.5, 0.6) is 11.5 Å². The molecule has 2 N–H and O–H groups in total. The molecule has 0 heterocycles. The van der Waals surface area contributed by atoms with E-state index in [1.54, 1.807) is 31.2 Å². The molecular formula is C19H17IN2O5S. The van der Waals surface area contributed by atoms with Crippen LogP contribution in [0, 0.1) is 21.8 Å². The van der Waals surface area contributed by atoms with E-state index >= 15 is 0 Å². The fraction of sp³-hybridized carbons (Fsp3) is 0.158. The highest BCUT2D eigenvalue weighted by atomic mass is 127. The Kier molecular flexibility index (Phi) is 7.04. The van der Waals surface area contributed by atoms with Gasteiger partial charge in [-0.15, -0.1) is 0 Å². The van der Waals surface area contributed by atoms with Gasteiger partial charge in [0, 0.05) is 0 Å². The Balaban J connectivity index is 2.51. The molecule has 0 fully saturated rings. The van der Waals surface area contributed by atoms with E-state index < -0.39 is 16.0 Å². The molecule has 0 radical (unpaired) electrons. The standard InChI is InChI=1S/C19H17IN2O5S/c1-3-26-17-10-13(8-14(11-21)19(22)23)9-16(20)18(17)27-28(24,25)15-6-4-12(2)5-7-15/h4-10H,3H2,1-2H3,(H2,22,23)/b14-8+. The normalized spacial score (nSPS) is 11.6. The number of ether oxygens (including phenoxy) is 1. The molecule has 0 unspecified atom stereocenters. The van der Waals surface area contributed by atoms with Crippen molar-refractivity contribution in [3.05, 3.63) is 56.7 Å². The second-order valence-corrected chi connectivity index (χ2v) is 8.36. The monoisotopic (exact) mass is 512 g/mol. The number of carbonyl (C=O) groups excluding carboxylic acids is 1. The maximum Gasteiger partial charge on any atom is 0.339 e. The summed E-state index contributed by atoms with van der Waals surface area (Å²) < 4.78 is 36.5. The Labute approximate surface area is 177 Å². The van der Waals surface area contributed by atoms with Gasteiger partial charge in [-0.2, -0.15) is 13.7 Å². The van der Waals surface area contributed by atoms with Crippen molar-refractivity contribution in [2.24, 2.45) is 5.73 Å². The molecule has 146 valence electrons. The van der Waals surface area contributed by atoms with Gasteiger partial charge in [-0.25, -0.2) is 0 Å². The summed E-state index contributed by atoms with van der Waals surface area (Å²) in [7, 11) is -4.07. The van der Waals surface area contributed by atoms with E-state index in [0.29, 0.717) is 9.13 Å². The Morgan fingerprint density at radius 3 is 2.46 bits per heavy atom. The molecule has 0 aliphatic rings. The minimum absolute atomic E-state index is 0.0146. The molecule has 7 nitrogen and oxygen atoms in total. The number of aryl methyl sites for hydroxylation is 1. The number of rotatable bonds is 7. The predicted molar refractivity (Wildman–Crippen MR) is 112 cm³/mol. The molecule has 2 aromatic carbocycles. The summed E-state index contributed by atoms with van der Waals surface area (Å²) in [5, 5.41) is 9.00. The van der Waals surface area contributed by atoms with E-state index in [0.717, 1.165) is 5.56 Å². The minimum atomic E-state index is -4.07. The van der Waals surface area contributed by atoms with Crippen LogP contribution in [0.25, 0.3) is 6.08 Å². The average Bonchev–Trinajstić information content (AvgIpc) is 2.63. The minimum Gasteiger partial charge on any atom is -0.490 e. The number of nitrogens with two attached hydrogens (primary N) is 1. The number of nitrogens with zero attached hydrogens (tertiary/aromatic N) is 1. The van der Waals surface area contributed by atoms with Crippen molar-refractivity contribution in [3.8, 4) is 17.6 Å². The van der Waals surface area contributed by atoms with Crippen LogP contribution in [-0.4, -0.2) is 20.9 Å². The van der Waals surface area contributed by atoms with Crippen LogP contribution < -0.4 is 14.7 Å². The largest absolute Gasteiger partial charge is 0.490 e. The number of hydrogen-bond donors (Lipinski definition) is 1. The van der Waals surface area contributed by atoms with Crippen molar-refractivity contribution < 1.29 is 22.1 Å². The quantitative estimate of drug-likeness (QED) is 0.264. The number of primary amides is 1. The lowest BCUT2D eigenvalue weighted by Gasteiger charge is -2.14. The number of amides is 1. The van der Waals surface area contributed by atoms with Gasteiger partial charge in [0.1, 0.15) is 16.5 Å². The molecule has 2 aromatic rings. The SMILES string of the molecule is CCOc1cc(/C=C(\C#N)C(N)=O)cc(I)c1OS(=O)(=O)c1ccc(C)cc1. The van der Waals surface area contributed by atoms with Gasteiger partial charge in [0.2, 0.25) is 0 Å². The van der Waals surface area contributed by atoms with Gasteiger partial charge in [0.25, 0.3) is 5.91 Å². The molecule has 0 aliphatic heterocycles. The smallest absolute Gasteiger partial charge is 0.339 e. The highest BCUT2D eigenvalue weighted by Gasteiger charge is 2.22. The van der Waals surface area contributed by atoms with Crippen molar-refractivity contribution in [1.29, 1.82) is 5.26 Å². The average molecular weight is 512 g/mol. The van der Waals surface area contributed by atoms with Gasteiger partial charge in [-0.1, -0.05) is 17.7 Å². The fourth-order valence-electron chi connectivity index (χ4n) is 2.20. The molecular weight excluding hydrogens is 495 g/mol. The van der Waals surface area contributed by atoms with Gasteiger partial charge >= 0.3 is 10.1 Å². The molecule has 0 saturated carbocycles. The maximum atomic E-state index is 12.6. The van der Waals surface area contributed by atoms with Crippen molar-refractivity contribution >= 4 is 44.7 Å². The van der Waals surface area contributed by atoms with Crippen molar-refractivity contribution in [3.63, 3.8) is 0 Å². The first kappa shape index (κ1) is 21.7. The molecule has 9 heteroatoms. The first-order valence-electron chi connectivity index (χ1n) is 8.07. The van der Waals surface area contributed by atoms with Crippen molar-refractivity contribution in [1.82, 2.24) is 0 Å². The van der Waals surface area contributed by atoms with Crippen molar-refractivity contribution in [2.45, 2.75) is 18.7 Å². The van der Waals surface area contributed by atoms with E-state index in [2.05, 4.69) is 0 Å². The lowest BCUT2D eigenvalue weighted by atomic mass is 10.1. The van der Waals surface area contributed by atoms with Crippen LogP contribution >= 0.6 is 22.6 Å². The second-order valence-electron chi connectivity index (χ2n) is 5.65. The number of benzene rings is 2. The van der Waals surface area contributed by atoms with Crippen molar-refractivity contribution in [2.75, 3.05) is 6.61 Å². The van der Waals surface area contributed by atoms with Crippen LogP contribution in [0.2, 0.25) is 0 Å². The lowest BCUT2D eigenvalue weighted by Crippen LogP contribution is -2.13. The summed E-state index contributed by atoms with van der Waals surface area (Å²) >= 11 is 1.89. The first-order valence-corrected chi connectivity index (χ1v) is 10.6. The maximum absolute atomic E-state index is 12.6. The zero-order chi connectivity index (χ0) is 20.9. The van der Waals surface area contributed by atoms with Gasteiger partial charge in [0.05, 0.1) is 10.2 Å². The summed E-state index contributed by atoms with van der Waals surface area (Å²) in [4.78, 5) is 11.3. The summed E-state index contributed by atoms with van der Waals surface area (Å²) in [6.07, 6.45) is 1.30. The number of carbonyl (C=O) groups is 1. The number of halogens is 1. The molecule has 0 bridgehead atoms. The number of nitriles is 1. The molecule has 0 aliphatic carbocycles. The Hall–Kier alpha value is -2.58. The highest BCUT2D eigenvalue weighted by Crippen LogP contribution is 2.37. The van der Waals surface area contributed by atoms with E-state index in [9.17, 15) is 13.2 Å². The van der Waals surface area contributed by atoms with E-state index in [4.69, 9.17) is 19.9 Å². The molecule has 1 amide bonds. The molecule has 0 saturated heterocycles. The predicted octanol–water partition coefficient (Wildman–Crippen LogP) is 3.16. The summed E-state index contributed by atoms with van der Waals surface area (Å²) in [6.45, 7) is 3.84. The topological polar surface area (TPSA) is 119 Å². The molecule has 2 rings (SSSR count). The molecule has 0 aromatic heterocycles. The van der Waals surface area contributed by atoms with Crippen LogP contribution in [-0.2, 0) is 14.9 Å². The van der Waals surface area contributed by atoms with Gasteiger partial charge in [0.15, 0.2) is 11.5 Å². The van der Waals surface area contributed by atoms with E-state index in [1.165, 1.54) is 24.3 Å². The first-order chi connectivity index (χ1) is 13.2. The van der Waals surface area contributed by atoms with Crippen LogP contribution in [0.3, 0.4) is 0 Å². The van der Waals surface area contributed by atoms with Gasteiger partial charge < -0.3 is 14.7 Å². The second kappa shape index (κ2) is 9.07. The third kappa shape index (κ3) is 5.24. The molecule has 28 heavy (non-hydrogen) atoms. The Morgan fingerprint density at radius 2 is 1.93 bits per heavy atom. The Bertz CT molecular complexity index is 1070. The molecule has 0 spiro atoms. The third-order valence-corrected chi connectivity index (χ3v) is 5.57. The highest BCUT2D eigenvalue weighted by molar-refractivity contribution is 14.1. The van der Waals surface area contributed by atoms with Crippen LogP contribution in [0.15, 0.2) is 46.9 Å². The zero-order valence-corrected chi connectivity index (χ0v) is 18.1. The van der Waals surface area contributed by atoms with Gasteiger partial charge in [-0.3, -0.25) is 4.79 Å². The van der Waals surface area contributed by atoms with Crippen LogP contribution in [0.4, 0.5) is 0 Å². The fourth-order valence-corrected chi connectivity index (χ4v) is 4.04. The third-order valence-electron chi connectivity index (χ3n) is 3.53. The van der Waals surface area contributed by atoms with Crippen LogP contribution in [0.1, 0.15) is 18.1 Å². The lowest BCUT2D eigenvalue weighted by molar-refractivity contribution is -0.114. The van der Waals surface area contributed by atoms with E-state index in [-0.39, 0.29) is 28.6 Å². The summed E-state index contributed by atoms with van der Waals surface area (Å²) in [5.41, 5.74) is 6.28. The Morgan fingerprint density at radius 1 is 1.29 bits per heavy atom. The number of hydrogen-bond acceptors (Lipinski definition) is 6. The zero-order valence-electron chi connectivity index (χ0n) is 15.1. The summed E-state index contributed by atoms with van der Waals surface area (Å²) in [5.74, 6) is -0.673. The van der Waals surface area contributed by atoms with E-state index in [1.807, 2.05) is 29.5 Å². The van der Waals surface area contributed by atoms with Gasteiger partial charge in [-0.05, 0) is 72.3 Å². The summed E-state index contributed by atoms with van der Waals surface area (Å²) in [6, 6.07) is 11.0.